The number of nitrogens with zero attached hydrogens (tertiary/aromatic N) is 3. The summed E-state index contributed by atoms with van der Waals surface area (Å²) in [5.74, 6) is 2.65. The molecule has 0 spiro atoms. The van der Waals surface area contributed by atoms with Gasteiger partial charge in [0.1, 0.15) is 0 Å². The Morgan fingerprint density at radius 2 is 1.55 bits per heavy atom. The van der Waals surface area contributed by atoms with E-state index in [2.05, 4.69) is 10.2 Å². The molecule has 1 aromatic rings. The number of piperidine rings is 1. The van der Waals surface area contributed by atoms with Crippen LogP contribution in [0.25, 0.3) is 0 Å². The zero-order valence-corrected chi connectivity index (χ0v) is 12.6. The van der Waals surface area contributed by atoms with Crippen molar-refractivity contribution in [1.82, 2.24) is 15.1 Å². The van der Waals surface area contributed by atoms with Gasteiger partial charge in [-0.3, -0.25) is 4.79 Å². The predicted octanol–water partition coefficient (Wildman–Crippen LogP) is 2.70. The normalized spacial score (nSPS) is 21.2. The monoisotopic (exact) mass is 277 g/mol. The van der Waals surface area contributed by atoms with Crippen molar-refractivity contribution in [3.05, 3.63) is 11.8 Å². The molecule has 110 valence electrons. The molecule has 2 aliphatic rings. The fourth-order valence-electron chi connectivity index (χ4n) is 2.71. The molecule has 2 heterocycles. The van der Waals surface area contributed by atoms with Gasteiger partial charge in [-0.2, -0.15) is 0 Å². The maximum absolute atomic E-state index is 12.2. The van der Waals surface area contributed by atoms with Gasteiger partial charge < -0.3 is 9.32 Å². The molecule has 1 aliphatic carbocycles. The minimum absolute atomic E-state index is 0.236. The standard InChI is InChI=1S/C15H23N3O2/c1-15(2,3)14(19)18-8-6-11(7-9-18)13-17-16-12(20-13)10-4-5-10/h10-11H,4-9H2,1-3H3. The Morgan fingerprint density at radius 1 is 1.05 bits per heavy atom. The summed E-state index contributed by atoms with van der Waals surface area (Å²) >= 11 is 0. The molecule has 0 atom stereocenters. The van der Waals surface area contributed by atoms with E-state index in [1.807, 2.05) is 25.7 Å². The zero-order valence-electron chi connectivity index (χ0n) is 12.6. The van der Waals surface area contributed by atoms with Crippen LogP contribution in [-0.4, -0.2) is 34.1 Å². The first-order valence-electron chi connectivity index (χ1n) is 7.58. The Bertz CT molecular complexity index is 491. The number of carbonyl (C=O) groups excluding carboxylic acids is 1. The molecule has 0 unspecified atom stereocenters. The van der Waals surface area contributed by atoms with E-state index >= 15 is 0 Å². The summed E-state index contributed by atoms with van der Waals surface area (Å²) in [7, 11) is 0. The Balaban J connectivity index is 1.59. The van der Waals surface area contributed by atoms with Gasteiger partial charge in [-0.15, -0.1) is 10.2 Å². The average molecular weight is 277 g/mol. The second-order valence-electron chi connectivity index (χ2n) is 7.07. The van der Waals surface area contributed by atoms with Crippen LogP contribution in [0.4, 0.5) is 0 Å². The predicted molar refractivity (Wildman–Crippen MR) is 74.3 cm³/mol. The maximum atomic E-state index is 12.2. The van der Waals surface area contributed by atoms with Crippen LogP contribution in [0, 0.1) is 5.41 Å². The van der Waals surface area contributed by atoms with E-state index in [0.29, 0.717) is 11.8 Å². The fraction of sp³-hybridized carbons (Fsp3) is 0.800. The molecule has 1 amide bonds. The summed E-state index contributed by atoms with van der Waals surface area (Å²) in [6, 6.07) is 0. The van der Waals surface area contributed by atoms with E-state index in [-0.39, 0.29) is 11.3 Å². The van der Waals surface area contributed by atoms with Crippen LogP contribution in [0.1, 0.15) is 70.1 Å². The second-order valence-corrected chi connectivity index (χ2v) is 7.07. The first-order chi connectivity index (χ1) is 9.45. The van der Waals surface area contributed by atoms with Gasteiger partial charge >= 0.3 is 0 Å². The fourth-order valence-corrected chi connectivity index (χ4v) is 2.71. The highest BCUT2D eigenvalue weighted by molar-refractivity contribution is 5.81. The van der Waals surface area contributed by atoms with Crippen molar-refractivity contribution in [2.24, 2.45) is 5.41 Å². The van der Waals surface area contributed by atoms with Crippen LogP contribution in [0.15, 0.2) is 4.42 Å². The van der Waals surface area contributed by atoms with Crippen LogP contribution in [0.3, 0.4) is 0 Å². The quantitative estimate of drug-likeness (QED) is 0.834. The number of amides is 1. The summed E-state index contributed by atoms with van der Waals surface area (Å²) in [4.78, 5) is 14.2. The summed E-state index contributed by atoms with van der Waals surface area (Å²) in [6.07, 6.45) is 4.21. The number of hydrogen-bond acceptors (Lipinski definition) is 4. The molecule has 0 N–H and O–H groups in total. The molecule has 0 aromatic carbocycles. The molecule has 5 nitrogen and oxygen atoms in total. The highest BCUT2D eigenvalue weighted by Crippen LogP contribution is 2.40. The van der Waals surface area contributed by atoms with Gasteiger partial charge in [0, 0.05) is 30.3 Å². The Morgan fingerprint density at radius 3 is 2.00 bits per heavy atom. The Kier molecular flexibility index (Phi) is 3.30. The Labute approximate surface area is 119 Å². The largest absolute Gasteiger partial charge is 0.425 e. The molecule has 2 fully saturated rings. The van der Waals surface area contributed by atoms with Crippen LogP contribution < -0.4 is 0 Å². The molecule has 1 saturated carbocycles. The number of hydrogen-bond donors (Lipinski definition) is 0. The van der Waals surface area contributed by atoms with Gasteiger partial charge in [-0.25, -0.2) is 0 Å². The zero-order chi connectivity index (χ0) is 14.3. The summed E-state index contributed by atoms with van der Waals surface area (Å²) in [5.41, 5.74) is -0.295. The highest BCUT2D eigenvalue weighted by atomic mass is 16.4. The van der Waals surface area contributed by atoms with Crippen molar-refractivity contribution >= 4 is 5.91 Å². The van der Waals surface area contributed by atoms with Crippen LogP contribution >= 0.6 is 0 Å². The first kappa shape index (κ1) is 13.6. The summed E-state index contributed by atoms with van der Waals surface area (Å²) in [6.45, 7) is 7.51. The van der Waals surface area contributed by atoms with Gasteiger partial charge in [0.25, 0.3) is 0 Å². The molecule has 20 heavy (non-hydrogen) atoms. The topological polar surface area (TPSA) is 59.2 Å². The van der Waals surface area contributed by atoms with E-state index in [1.54, 1.807) is 0 Å². The molecular formula is C15H23N3O2. The van der Waals surface area contributed by atoms with Gasteiger partial charge in [0.05, 0.1) is 0 Å². The number of carbonyl (C=O) groups is 1. The molecule has 5 heteroatoms. The van der Waals surface area contributed by atoms with Crippen molar-refractivity contribution < 1.29 is 9.21 Å². The lowest BCUT2D eigenvalue weighted by Gasteiger charge is -2.34. The number of likely N-dealkylation sites (tertiary alicyclic amines) is 1. The summed E-state index contributed by atoms with van der Waals surface area (Å²) < 4.78 is 5.78. The lowest BCUT2D eigenvalue weighted by Crippen LogP contribution is -2.43. The number of rotatable bonds is 2. The van der Waals surface area contributed by atoms with Crippen molar-refractivity contribution in [3.63, 3.8) is 0 Å². The molecule has 3 rings (SSSR count). The third kappa shape index (κ3) is 2.72. The van der Waals surface area contributed by atoms with E-state index < -0.39 is 0 Å². The van der Waals surface area contributed by atoms with E-state index in [0.717, 1.165) is 37.7 Å². The molecular weight excluding hydrogens is 254 g/mol. The van der Waals surface area contributed by atoms with E-state index in [9.17, 15) is 4.79 Å². The molecule has 0 radical (unpaired) electrons. The minimum Gasteiger partial charge on any atom is -0.425 e. The lowest BCUT2D eigenvalue weighted by atomic mass is 9.91. The van der Waals surface area contributed by atoms with Gasteiger partial charge in [0.15, 0.2) is 0 Å². The van der Waals surface area contributed by atoms with Crippen molar-refractivity contribution in [2.75, 3.05) is 13.1 Å². The minimum atomic E-state index is -0.295. The molecule has 1 aromatic heterocycles. The summed E-state index contributed by atoms with van der Waals surface area (Å²) in [5, 5.41) is 8.35. The van der Waals surface area contributed by atoms with Gasteiger partial charge in [0.2, 0.25) is 17.7 Å². The van der Waals surface area contributed by atoms with Crippen molar-refractivity contribution in [1.29, 1.82) is 0 Å². The van der Waals surface area contributed by atoms with Crippen molar-refractivity contribution in [3.8, 4) is 0 Å². The third-order valence-electron chi connectivity index (χ3n) is 4.16. The first-order valence-corrected chi connectivity index (χ1v) is 7.58. The molecule has 1 saturated heterocycles. The molecule has 0 bridgehead atoms. The second kappa shape index (κ2) is 4.86. The SMILES string of the molecule is CC(C)(C)C(=O)N1CCC(c2nnc(C3CC3)o2)CC1. The highest BCUT2D eigenvalue weighted by Gasteiger charge is 2.34. The third-order valence-corrected chi connectivity index (χ3v) is 4.16. The number of aromatic nitrogens is 2. The van der Waals surface area contributed by atoms with E-state index in [1.165, 1.54) is 12.8 Å². The smallest absolute Gasteiger partial charge is 0.227 e. The molecule has 1 aliphatic heterocycles. The maximum Gasteiger partial charge on any atom is 0.227 e. The van der Waals surface area contributed by atoms with E-state index in [4.69, 9.17) is 4.42 Å². The Hall–Kier alpha value is -1.39. The van der Waals surface area contributed by atoms with Crippen molar-refractivity contribution in [2.45, 2.75) is 58.3 Å². The van der Waals surface area contributed by atoms with Crippen LogP contribution in [0.2, 0.25) is 0 Å². The lowest BCUT2D eigenvalue weighted by molar-refractivity contribution is -0.140. The van der Waals surface area contributed by atoms with Crippen LogP contribution in [-0.2, 0) is 4.79 Å². The van der Waals surface area contributed by atoms with Gasteiger partial charge in [-0.1, -0.05) is 20.8 Å². The van der Waals surface area contributed by atoms with Crippen LogP contribution in [0.5, 0.6) is 0 Å². The average Bonchev–Trinajstić information content (AvgIpc) is 3.15. The van der Waals surface area contributed by atoms with Gasteiger partial charge in [-0.05, 0) is 25.7 Å².